The summed E-state index contributed by atoms with van der Waals surface area (Å²) >= 11 is 0. The molecule has 0 saturated carbocycles. The van der Waals surface area contributed by atoms with Crippen molar-refractivity contribution in [2.45, 2.75) is 19.4 Å². The minimum atomic E-state index is 0.0680. The highest BCUT2D eigenvalue weighted by atomic mass is 16.1. The Hall–Kier alpha value is -2.59. The topological polar surface area (TPSA) is 28.5 Å². The van der Waals surface area contributed by atoms with Crippen molar-refractivity contribution in [2.75, 3.05) is 31.6 Å². The highest BCUT2D eigenvalue weighted by molar-refractivity contribution is 5.91. The van der Waals surface area contributed by atoms with Gasteiger partial charge in [0.2, 0.25) is 0 Å². The molecule has 146 valence electrons. The number of hydrogen-bond donors (Lipinski definition) is 0. The van der Waals surface area contributed by atoms with Gasteiger partial charge in [-0.3, -0.25) is 4.79 Å². The summed E-state index contributed by atoms with van der Waals surface area (Å²) in [4.78, 5) is 17.2. The van der Waals surface area contributed by atoms with Crippen LogP contribution in [0.3, 0.4) is 0 Å². The van der Waals surface area contributed by atoms with Crippen LogP contribution in [0.4, 0.5) is 5.69 Å². The number of nitrogens with zero attached hydrogens (tertiary/aromatic N) is 3. The number of piperidine rings is 1. The Kier molecular flexibility index (Phi) is 5.49. The molecule has 0 bridgehead atoms. The van der Waals surface area contributed by atoms with Gasteiger partial charge in [-0.2, -0.15) is 0 Å². The summed E-state index contributed by atoms with van der Waals surface area (Å²) < 4.78 is 1.74. The number of fused-ring (bicyclic) bond motifs is 1. The van der Waals surface area contributed by atoms with Gasteiger partial charge >= 0.3 is 0 Å². The first-order valence-corrected chi connectivity index (χ1v) is 10.2. The van der Waals surface area contributed by atoms with E-state index in [2.05, 4.69) is 59.3 Å². The number of anilines is 1. The zero-order valence-electron chi connectivity index (χ0n) is 16.8. The van der Waals surface area contributed by atoms with Crippen LogP contribution in [-0.2, 0) is 13.6 Å². The Morgan fingerprint density at radius 2 is 1.68 bits per heavy atom. The molecule has 2 aromatic carbocycles. The summed E-state index contributed by atoms with van der Waals surface area (Å²) in [6.07, 6.45) is 2.34. The quantitative estimate of drug-likeness (QED) is 0.677. The van der Waals surface area contributed by atoms with Crippen molar-refractivity contribution in [1.82, 2.24) is 9.47 Å². The molecule has 28 heavy (non-hydrogen) atoms. The molecule has 4 rings (SSSR count). The van der Waals surface area contributed by atoms with Gasteiger partial charge in [-0.15, -0.1) is 0 Å². The maximum absolute atomic E-state index is 12.4. The fraction of sp³-hybridized carbons (Fsp3) is 0.375. The van der Waals surface area contributed by atoms with Gasteiger partial charge in [0.25, 0.3) is 5.56 Å². The Morgan fingerprint density at radius 1 is 1.00 bits per heavy atom. The molecule has 1 aliphatic heterocycles. The Balaban J connectivity index is 1.41. The number of aromatic nitrogens is 1. The van der Waals surface area contributed by atoms with Gasteiger partial charge in [0, 0.05) is 44.7 Å². The normalized spacial score (nSPS) is 15.5. The summed E-state index contributed by atoms with van der Waals surface area (Å²) in [5.41, 5.74) is 3.54. The van der Waals surface area contributed by atoms with Gasteiger partial charge in [0.15, 0.2) is 0 Å². The first-order valence-electron chi connectivity index (χ1n) is 10.2. The van der Waals surface area contributed by atoms with Crippen LogP contribution in [0.5, 0.6) is 0 Å². The molecule has 0 aliphatic carbocycles. The third-order valence-electron chi connectivity index (χ3n) is 5.95. The van der Waals surface area contributed by atoms with E-state index >= 15 is 0 Å². The molecule has 0 atom stereocenters. The maximum Gasteiger partial charge on any atom is 0.252 e. The third kappa shape index (κ3) is 3.97. The molecular formula is C24H29N3O. The zero-order chi connectivity index (χ0) is 19.5. The average molecular weight is 376 g/mol. The van der Waals surface area contributed by atoms with Crippen LogP contribution in [0.25, 0.3) is 10.9 Å². The number of pyridine rings is 1. The van der Waals surface area contributed by atoms with Crippen LogP contribution in [0.15, 0.2) is 65.5 Å². The predicted molar refractivity (Wildman–Crippen MR) is 117 cm³/mol. The van der Waals surface area contributed by atoms with E-state index in [1.165, 1.54) is 23.8 Å². The highest BCUT2D eigenvalue weighted by Gasteiger charge is 2.22. The lowest BCUT2D eigenvalue weighted by atomic mass is 9.95. The second kappa shape index (κ2) is 8.19. The Labute approximate surface area is 167 Å². The van der Waals surface area contributed by atoms with Crippen LogP contribution in [-0.4, -0.2) is 36.1 Å². The fourth-order valence-corrected chi connectivity index (χ4v) is 4.41. The van der Waals surface area contributed by atoms with E-state index in [0.717, 1.165) is 37.4 Å². The second-order valence-corrected chi connectivity index (χ2v) is 8.06. The Morgan fingerprint density at radius 3 is 2.43 bits per heavy atom. The molecule has 2 heterocycles. The average Bonchev–Trinajstić information content (AvgIpc) is 2.72. The lowest BCUT2D eigenvalue weighted by molar-refractivity contribution is 0.242. The molecular weight excluding hydrogens is 346 g/mol. The van der Waals surface area contributed by atoms with Crippen molar-refractivity contribution < 1.29 is 0 Å². The molecule has 0 amide bonds. The molecule has 0 radical (unpaired) electrons. The van der Waals surface area contributed by atoms with Gasteiger partial charge in [-0.05, 0) is 37.4 Å². The minimum Gasteiger partial charge on any atom is -0.371 e. The lowest BCUT2D eigenvalue weighted by Crippen LogP contribution is -2.38. The smallest absolute Gasteiger partial charge is 0.252 e. The number of aryl methyl sites for hydroxylation is 1. The summed E-state index contributed by atoms with van der Waals surface area (Å²) in [6.45, 7) is 4.16. The number of hydrogen-bond acceptors (Lipinski definition) is 3. The molecule has 0 unspecified atom stereocenters. The molecule has 1 aliphatic rings. The summed E-state index contributed by atoms with van der Waals surface area (Å²) in [5.74, 6) is 0.711. The first kappa shape index (κ1) is 18.8. The van der Waals surface area contributed by atoms with Gasteiger partial charge in [0.05, 0.1) is 11.2 Å². The van der Waals surface area contributed by atoms with Crippen molar-refractivity contribution in [3.63, 3.8) is 0 Å². The highest BCUT2D eigenvalue weighted by Crippen LogP contribution is 2.29. The van der Waals surface area contributed by atoms with E-state index in [9.17, 15) is 4.79 Å². The SMILES string of the molecule is CN(Cc1ccccc1)CC1CCN(c2cc(=O)n(C)c3ccccc23)CC1. The molecule has 0 N–H and O–H groups in total. The molecule has 1 saturated heterocycles. The fourth-order valence-electron chi connectivity index (χ4n) is 4.41. The monoisotopic (exact) mass is 375 g/mol. The van der Waals surface area contributed by atoms with Gasteiger partial charge < -0.3 is 14.4 Å². The van der Waals surface area contributed by atoms with Gasteiger partial charge in [-0.25, -0.2) is 0 Å². The van der Waals surface area contributed by atoms with Crippen LogP contribution in [0, 0.1) is 5.92 Å². The molecule has 1 fully saturated rings. The van der Waals surface area contributed by atoms with Crippen molar-refractivity contribution >= 4 is 16.6 Å². The third-order valence-corrected chi connectivity index (χ3v) is 5.95. The van der Waals surface area contributed by atoms with Crippen LogP contribution in [0.2, 0.25) is 0 Å². The van der Waals surface area contributed by atoms with Crippen molar-refractivity contribution in [3.8, 4) is 0 Å². The predicted octanol–water partition coefficient (Wildman–Crippen LogP) is 3.89. The van der Waals surface area contributed by atoms with E-state index in [1.54, 1.807) is 4.57 Å². The number of benzene rings is 2. The van der Waals surface area contributed by atoms with E-state index < -0.39 is 0 Å². The molecule has 4 nitrogen and oxygen atoms in total. The van der Waals surface area contributed by atoms with Crippen LogP contribution >= 0.6 is 0 Å². The Bertz CT molecular complexity index is 988. The largest absolute Gasteiger partial charge is 0.371 e. The summed E-state index contributed by atoms with van der Waals surface area (Å²) in [7, 11) is 4.07. The van der Waals surface area contributed by atoms with Crippen molar-refractivity contribution in [2.24, 2.45) is 13.0 Å². The molecule has 0 spiro atoms. The molecule has 1 aromatic heterocycles. The molecule has 3 aromatic rings. The van der Waals surface area contributed by atoms with Crippen molar-refractivity contribution in [3.05, 3.63) is 76.6 Å². The maximum atomic E-state index is 12.4. The number of rotatable bonds is 5. The second-order valence-electron chi connectivity index (χ2n) is 8.06. The minimum absolute atomic E-state index is 0.0680. The standard InChI is InChI=1S/C24H29N3O/c1-25(17-19-8-4-3-5-9-19)18-20-12-14-27(15-13-20)23-16-24(28)26(2)22-11-7-6-10-21(22)23/h3-11,16,20H,12-15,17-18H2,1-2H3. The van der Waals surface area contributed by atoms with Gasteiger partial charge in [-0.1, -0.05) is 48.5 Å². The van der Waals surface area contributed by atoms with E-state index in [4.69, 9.17) is 0 Å². The number of para-hydroxylation sites is 1. The van der Waals surface area contributed by atoms with E-state index in [0.29, 0.717) is 5.92 Å². The first-order chi connectivity index (χ1) is 13.6. The zero-order valence-corrected chi connectivity index (χ0v) is 16.8. The lowest BCUT2D eigenvalue weighted by Gasteiger charge is -2.36. The van der Waals surface area contributed by atoms with Crippen molar-refractivity contribution in [1.29, 1.82) is 0 Å². The summed E-state index contributed by atoms with van der Waals surface area (Å²) in [5, 5.41) is 1.17. The van der Waals surface area contributed by atoms with Gasteiger partial charge in [0.1, 0.15) is 0 Å². The summed E-state index contributed by atoms with van der Waals surface area (Å²) in [6, 6.07) is 20.7. The van der Waals surface area contributed by atoms with E-state index in [-0.39, 0.29) is 5.56 Å². The van der Waals surface area contributed by atoms with Crippen LogP contribution in [0.1, 0.15) is 18.4 Å². The van der Waals surface area contributed by atoms with E-state index in [1.807, 2.05) is 25.2 Å². The van der Waals surface area contributed by atoms with Crippen LogP contribution < -0.4 is 10.5 Å². The molecule has 4 heteroatoms.